The molecule has 1 aromatic rings. The molecule has 0 saturated carbocycles. The number of hydrogen-bond donors (Lipinski definition) is 2. The molecule has 1 aliphatic rings. The summed E-state index contributed by atoms with van der Waals surface area (Å²) in [6.45, 7) is 5.48. The lowest BCUT2D eigenvalue weighted by Crippen LogP contribution is -2.59. The van der Waals surface area contributed by atoms with E-state index in [1.54, 1.807) is 6.07 Å². The molecule has 0 aromatic heterocycles. The van der Waals surface area contributed by atoms with Crippen LogP contribution in [0.1, 0.15) is 12.5 Å². The number of halogens is 2. The van der Waals surface area contributed by atoms with Crippen LogP contribution in [0, 0.1) is 6.92 Å². The van der Waals surface area contributed by atoms with Gasteiger partial charge in [0.05, 0.1) is 11.3 Å². The number of anilines is 1. The highest BCUT2D eigenvalue weighted by Gasteiger charge is 2.33. The first kappa shape index (κ1) is 14.8. The van der Waals surface area contributed by atoms with E-state index >= 15 is 0 Å². The molecule has 0 bridgehead atoms. The van der Waals surface area contributed by atoms with Crippen LogP contribution in [-0.4, -0.2) is 31.2 Å². The number of carbonyl (C=O) groups excluding carboxylic acids is 1. The van der Waals surface area contributed by atoms with Gasteiger partial charge in [-0.3, -0.25) is 4.79 Å². The quantitative estimate of drug-likeness (QED) is 0.880. The van der Waals surface area contributed by atoms with Crippen molar-refractivity contribution in [3.05, 3.63) is 27.2 Å². The normalized spacial score (nSPS) is 16.8. The van der Waals surface area contributed by atoms with Crippen molar-refractivity contribution in [1.29, 1.82) is 0 Å². The van der Waals surface area contributed by atoms with Gasteiger partial charge in [-0.05, 0) is 47.5 Å². The molecule has 6 heteroatoms. The first-order chi connectivity index (χ1) is 8.89. The number of rotatable bonds is 4. The Balaban J connectivity index is 1.93. The molecule has 0 spiro atoms. The standard InChI is InChI=1S/C13H16BrClN2O2/c1-8-3-9(14)11(4-10(8)15)17-12(18)5-19-13(2)6-16-7-13/h3-4,16H,5-7H2,1-2H3,(H,17,18). The lowest BCUT2D eigenvalue weighted by Gasteiger charge is -2.38. The van der Waals surface area contributed by atoms with Gasteiger partial charge in [0.15, 0.2) is 0 Å². The second-order valence-electron chi connectivity index (χ2n) is 4.97. The molecule has 19 heavy (non-hydrogen) atoms. The fourth-order valence-corrected chi connectivity index (χ4v) is 2.47. The predicted octanol–water partition coefficient (Wildman–Crippen LogP) is 2.73. The zero-order valence-electron chi connectivity index (χ0n) is 10.8. The van der Waals surface area contributed by atoms with E-state index in [0.29, 0.717) is 10.7 Å². The van der Waals surface area contributed by atoms with Crippen LogP contribution in [0.25, 0.3) is 0 Å². The van der Waals surface area contributed by atoms with Crippen molar-refractivity contribution in [2.24, 2.45) is 0 Å². The van der Waals surface area contributed by atoms with Crippen molar-refractivity contribution < 1.29 is 9.53 Å². The van der Waals surface area contributed by atoms with Crippen molar-refractivity contribution in [1.82, 2.24) is 5.32 Å². The van der Waals surface area contributed by atoms with Crippen LogP contribution >= 0.6 is 27.5 Å². The summed E-state index contributed by atoms with van der Waals surface area (Å²) in [5.74, 6) is -0.186. The van der Waals surface area contributed by atoms with Gasteiger partial charge in [-0.2, -0.15) is 0 Å². The number of hydrogen-bond acceptors (Lipinski definition) is 3. The predicted molar refractivity (Wildman–Crippen MR) is 79.7 cm³/mol. The van der Waals surface area contributed by atoms with E-state index in [2.05, 4.69) is 26.6 Å². The highest BCUT2D eigenvalue weighted by molar-refractivity contribution is 9.10. The van der Waals surface area contributed by atoms with E-state index < -0.39 is 0 Å². The second kappa shape index (κ2) is 5.79. The smallest absolute Gasteiger partial charge is 0.250 e. The highest BCUT2D eigenvalue weighted by Crippen LogP contribution is 2.29. The molecular formula is C13H16BrClN2O2. The molecule has 2 rings (SSSR count). The molecule has 0 aliphatic carbocycles. The zero-order chi connectivity index (χ0) is 14.0. The summed E-state index contributed by atoms with van der Waals surface area (Å²) in [7, 11) is 0. The van der Waals surface area contributed by atoms with Gasteiger partial charge in [0.1, 0.15) is 6.61 Å². The average molecular weight is 348 g/mol. The summed E-state index contributed by atoms with van der Waals surface area (Å²) < 4.78 is 6.38. The number of benzene rings is 1. The van der Waals surface area contributed by atoms with E-state index in [1.165, 1.54) is 0 Å². The van der Waals surface area contributed by atoms with Crippen LogP contribution in [0.4, 0.5) is 5.69 Å². The molecule has 0 radical (unpaired) electrons. The summed E-state index contributed by atoms with van der Waals surface area (Å²) >= 11 is 9.44. The van der Waals surface area contributed by atoms with E-state index in [9.17, 15) is 4.79 Å². The Hall–Kier alpha value is -0.620. The summed E-state index contributed by atoms with van der Waals surface area (Å²) in [6, 6.07) is 3.60. The Bertz CT molecular complexity index is 504. The summed E-state index contributed by atoms with van der Waals surface area (Å²) in [5.41, 5.74) is 1.39. The Labute approximate surface area is 126 Å². The number of amides is 1. The Morgan fingerprint density at radius 2 is 2.26 bits per heavy atom. The van der Waals surface area contributed by atoms with Crippen molar-refractivity contribution in [2.45, 2.75) is 19.4 Å². The molecule has 1 saturated heterocycles. The topological polar surface area (TPSA) is 50.4 Å². The maximum absolute atomic E-state index is 11.8. The maximum Gasteiger partial charge on any atom is 0.250 e. The molecule has 0 atom stereocenters. The van der Waals surface area contributed by atoms with Crippen LogP contribution in [-0.2, 0) is 9.53 Å². The van der Waals surface area contributed by atoms with Gasteiger partial charge in [0.2, 0.25) is 5.91 Å². The third-order valence-corrected chi connectivity index (χ3v) is 4.14. The van der Waals surface area contributed by atoms with Crippen molar-refractivity contribution >= 4 is 39.1 Å². The van der Waals surface area contributed by atoms with Gasteiger partial charge < -0.3 is 15.4 Å². The molecular weight excluding hydrogens is 332 g/mol. The fraction of sp³-hybridized carbons (Fsp3) is 0.462. The molecule has 2 N–H and O–H groups in total. The Morgan fingerprint density at radius 1 is 1.58 bits per heavy atom. The molecule has 1 amide bonds. The molecule has 104 valence electrons. The Kier molecular flexibility index (Phi) is 4.50. The van der Waals surface area contributed by atoms with Crippen molar-refractivity contribution in [2.75, 3.05) is 25.0 Å². The minimum Gasteiger partial charge on any atom is -0.363 e. The van der Waals surface area contributed by atoms with Gasteiger partial charge >= 0.3 is 0 Å². The number of aryl methyl sites for hydroxylation is 1. The molecule has 0 unspecified atom stereocenters. The monoisotopic (exact) mass is 346 g/mol. The number of ether oxygens (including phenoxy) is 1. The van der Waals surface area contributed by atoms with E-state index in [-0.39, 0.29) is 18.1 Å². The minimum atomic E-state index is -0.223. The Morgan fingerprint density at radius 3 is 2.84 bits per heavy atom. The lowest BCUT2D eigenvalue weighted by molar-refractivity contribution is -0.130. The SMILES string of the molecule is Cc1cc(Br)c(NC(=O)COC2(C)CNC2)cc1Cl. The van der Waals surface area contributed by atoms with Gasteiger partial charge in [-0.1, -0.05) is 11.6 Å². The van der Waals surface area contributed by atoms with Crippen molar-refractivity contribution in [3.63, 3.8) is 0 Å². The fourth-order valence-electron chi connectivity index (χ4n) is 1.75. The van der Waals surface area contributed by atoms with E-state index in [1.807, 2.05) is 19.9 Å². The molecule has 1 aromatic carbocycles. The highest BCUT2D eigenvalue weighted by atomic mass is 79.9. The van der Waals surface area contributed by atoms with Gasteiger partial charge in [-0.25, -0.2) is 0 Å². The molecule has 1 heterocycles. The summed E-state index contributed by atoms with van der Waals surface area (Å²) in [4.78, 5) is 11.8. The molecule has 1 fully saturated rings. The maximum atomic E-state index is 11.8. The van der Waals surface area contributed by atoms with Crippen LogP contribution in [0.3, 0.4) is 0 Å². The number of nitrogens with one attached hydrogen (secondary N) is 2. The number of carbonyl (C=O) groups is 1. The summed E-state index contributed by atoms with van der Waals surface area (Å²) in [5, 5.41) is 6.52. The minimum absolute atomic E-state index is 0.0378. The lowest BCUT2D eigenvalue weighted by atomic mass is 10.0. The van der Waals surface area contributed by atoms with Gasteiger partial charge in [0.25, 0.3) is 0 Å². The largest absolute Gasteiger partial charge is 0.363 e. The third-order valence-electron chi connectivity index (χ3n) is 3.07. The first-order valence-electron chi connectivity index (χ1n) is 6.00. The van der Waals surface area contributed by atoms with E-state index in [0.717, 1.165) is 23.1 Å². The summed E-state index contributed by atoms with van der Waals surface area (Å²) in [6.07, 6.45) is 0. The second-order valence-corrected chi connectivity index (χ2v) is 6.23. The van der Waals surface area contributed by atoms with Gasteiger partial charge in [-0.15, -0.1) is 0 Å². The van der Waals surface area contributed by atoms with Crippen LogP contribution < -0.4 is 10.6 Å². The molecule has 1 aliphatic heterocycles. The van der Waals surface area contributed by atoms with Gasteiger partial charge in [0, 0.05) is 22.6 Å². The first-order valence-corrected chi connectivity index (χ1v) is 7.17. The van der Waals surface area contributed by atoms with Crippen LogP contribution in [0.2, 0.25) is 5.02 Å². The zero-order valence-corrected chi connectivity index (χ0v) is 13.2. The average Bonchev–Trinajstić information content (AvgIpc) is 2.31. The third kappa shape index (κ3) is 3.69. The van der Waals surface area contributed by atoms with Crippen LogP contribution in [0.5, 0.6) is 0 Å². The van der Waals surface area contributed by atoms with Crippen LogP contribution in [0.15, 0.2) is 16.6 Å². The van der Waals surface area contributed by atoms with Crippen molar-refractivity contribution in [3.8, 4) is 0 Å². The van der Waals surface area contributed by atoms with E-state index in [4.69, 9.17) is 16.3 Å². The molecule has 4 nitrogen and oxygen atoms in total.